The maximum Gasteiger partial charge on any atom is 0.227 e. The van der Waals surface area contributed by atoms with Crippen LogP contribution >= 0.6 is 11.6 Å². The van der Waals surface area contributed by atoms with E-state index in [2.05, 4.69) is 17.5 Å². The van der Waals surface area contributed by atoms with Crippen LogP contribution in [-0.4, -0.2) is 19.1 Å². The Balaban J connectivity index is 1.76. The molecule has 1 aliphatic heterocycles. The molecule has 1 amide bonds. The number of hydrogen-bond donors (Lipinski definition) is 1. The molecule has 0 radical (unpaired) electrons. The number of ether oxygens (including phenoxy) is 2. The van der Waals surface area contributed by atoms with Crippen molar-refractivity contribution in [3.63, 3.8) is 0 Å². The second-order valence-corrected chi connectivity index (χ2v) is 5.35. The van der Waals surface area contributed by atoms with Crippen LogP contribution in [0.15, 0.2) is 24.3 Å². The van der Waals surface area contributed by atoms with E-state index in [4.69, 9.17) is 21.1 Å². The number of allylic oxidation sites excluding steroid dienone is 2. The van der Waals surface area contributed by atoms with Crippen LogP contribution in [0.25, 0.3) is 0 Å². The van der Waals surface area contributed by atoms with Crippen LogP contribution in [-0.2, 0) is 4.79 Å². The highest BCUT2D eigenvalue weighted by atomic mass is 35.5. The van der Waals surface area contributed by atoms with Gasteiger partial charge in [0.1, 0.15) is 13.2 Å². The molecule has 1 N–H and O–H groups in total. The number of carbonyl (C=O) groups is 1. The summed E-state index contributed by atoms with van der Waals surface area (Å²) in [6.07, 6.45) is 6.78. The first-order valence-corrected chi connectivity index (χ1v) is 7.17. The first-order valence-electron chi connectivity index (χ1n) is 6.79. The van der Waals surface area contributed by atoms with Gasteiger partial charge in [0, 0.05) is 18.1 Å². The molecule has 1 heterocycles. The van der Waals surface area contributed by atoms with Crippen molar-refractivity contribution in [2.75, 3.05) is 18.5 Å². The SMILES string of the molecule is O=C(Nc1cc2c(cc1Cl)OCCO2)[C@H]1CC=CCC1. The number of carbonyl (C=O) groups excluding carboxylic acids is 1. The summed E-state index contributed by atoms with van der Waals surface area (Å²) in [5.41, 5.74) is 0.579. The molecule has 0 aromatic heterocycles. The molecule has 20 heavy (non-hydrogen) atoms. The van der Waals surface area contributed by atoms with Gasteiger partial charge in [-0.15, -0.1) is 0 Å². The topological polar surface area (TPSA) is 47.6 Å². The summed E-state index contributed by atoms with van der Waals surface area (Å²) in [6, 6.07) is 3.42. The fourth-order valence-corrected chi connectivity index (χ4v) is 2.63. The third-order valence-corrected chi connectivity index (χ3v) is 3.84. The van der Waals surface area contributed by atoms with E-state index in [9.17, 15) is 4.79 Å². The van der Waals surface area contributed by atoms with Crippen molar-refractivity contribution in [3.05, 3.63) is 29.3 Å². The maximum absolute atomic E-state index is 12.2. The summed E-state index contributed by atoms with van der Waals surface area (Å²) in [5.74, 6) is 1.27. The van der Waals surface area contributed by atoms with Gasteiger partial charge in [-0.3, -0.25) is 4.79 Å². The molecule has 0 bridgehead atoms. The second-order valence-electron chi connectivity index (χ2n) is 4.95. The Hall–Kier alpha value is -1.68. The highest BCUT2D eigenvalue weighted by Gasteiger charge is 2.21. The summed E-state index contributed by atoms with van der Waals surface area (Å²) >= 11 is 6.18. The first kappa shape index (κ1) is 13.3. The van der Waals surface area contributed by atoms with Crippen molar-refractivity contribution in [1.29, 1.82) is 0 Å². The molecule has 3 rings (SSSR count). The number of nitrogens with one attached hydrogen (secondary N) is 1. The monoisotopic (exact) mass is 293 g/mol. The Morgan fingerprint density at radius 1 is 1.20 bits per heavy atom. The summed E-state index contributed by atoms with van der Waals surface area (Å²) in [4.78, 5) is 12.2. The van der Waals surface area contributed by atoms with Crippen LogP contribution in [0.3, 0.4) is 0 Å². The van der Waals surface area contributed by atoms with E-state index in [-0.39, 0.29) is 11.8 Å². The highest BCUT2D eigenvalue weighted by Crippen LogP contribution is 2.38. The van der Waals surface area contributed by atoms with Crippen molar-refractivity contribution in [1.82, 2.24) is 0 Å². The molecule has 0 spiro atoms. The predicted molar refractivity (Wildman–Crippen MR) is 77.6 cm³/mol. The molecule has 4 nitrogen and oxygen atoms in total. The fourth-order valence-electron chi connectivity index (χ4n) is 2.43. The van der Waals surface area contributed by atoms with Crippen LogP contribution in [0.4, 0.5) is 5.69 Å². The minimum absolute atomic E-state index is 0.00734. The number of rotatable bonds is 2. The van der Waals surface area contributed by atoms with Gasteiger partial charge in [-0.1, -0.05) is 23.8 Å². The Morgan fingerprint density at radius 2 is 1.95 bits per heavy atom. The molecular formula is C15H16ClNO3. The van der Waals surface area contributed by atoms with Gasteiger partial charge in [-0.2, -0.15) is 0 Å². The van der Waals surface area contributed by atoms with E-state index in [1.54, 1.807) is 12.1 Å². The van der Waals surface area contributed by atoms with Gasteiger partial charge in [-0.25, -0.2) is 0 Å². The average Bonchev–Trinajstić information content (AvgIpc) is 2.49. The van der Waals surface area contributed by atoms with E-state index in [0.717, 1.165) is 19.3 Å². The lowest BCUT2D eigenvalue weighted by molar-refractivity contribution is -0.120. The van der Waals surface area contributed by atoms with Crippen molar-refractivity contribution < 1.29 is 14.3 Å². The lowest BCUT2D eigenvalue weighted by Crippen LogP contribution is -2.24. The van der Waals surface area contributed by atoms with Crippen LogP contribution in [0.2, 0.25) is 5.02 Å². The van der Waals surface area contributed by atoms with Gasteiger partial charge in [0.15, 0.2) is 11.5 Å². The van der Waals surface area contributed by atoms with Crippen molar-refractivity contribution in [3.8, 4) is 11.5 Å². The molecule has 0 fully saturated rings. The lowest BCUT2D eigenvalue weighted by Gasteiger charge is -2.21. The molecule has 2 aliphatic rings. The van der Waals surface area contributed by atoms with Gasteiger partial charge in [0.2, 0.25) is 5.91 Å². The molecule has 0 unspecified atom stereocenters. The molecule has 1 atom stereocenters. The summed E-state index contributed by atoms with van der Waals surface area (Å²) < 4.78 is 10.9. The molecule has 106 valence electrons. The van der Waals surface area contributed by atoms with Gasteiger partial charge < -0.3 is 14.8 Å². The molecule has 1 aromatic carbocycles. The lowest BCUT2D eigenvalue weighted by atomic mass is 9.93. The largest absolute Gasteiger partial charge is 0.486 e. The minimum atomic E-state index is 0.00734. The zero-order valence-electron chi connectivity index (χ0n) is 11.0. The Labute approximate surface area is 122 Å². The zero-order chi connectivity index (χ0) is 13.9. The quantitative estimate of drug-likeness (QED) is 0.850. The number of anilines is 1. The van der Waals surface area contributed by atoms with E-state index >= 15 is 0 Å². The smallest absolute Gasteiger partial charge is 0.227 e. The molecule has 0 saturated heterocycles. The maximum atomic E-state index is 12.2. The van der Waals surface area contributed by atoms with E-state index in [1.165, 1.54) is 0 Å². The summed E-state index contributed by atoms with van der Waals surface area (Å²) in [6.45, 7) is 1.03. The molecular weight excluding hydrogens is 278 g/mol. The van der Waals surface area contributed by atoms with Crippen LogP contribution in [0.5, 0.6) is 11.5 Å². The standard InChI is InChI=1S/C15H16ClNO3/c16-11-8-13-14(20-7-6-19-13)9-12(11)17-15(18)10-4-2-1-3-5-10/h1-2,8-10H,3-7H2,(H,17,18)/t10-/m0/s1. The number of amides is 1. The number of benzene rings is 1. The highest BCUT2D eigenvalue weighted by molar-refractivity contribution is 6.34. The minimum Gasteiger partial charge on any atom is -0.486 e. The predicted octanol–water partition coefficient (Wildman–Crippen LogP) is 3.41. The number of halogens is 1. The second kappa shape index (κ2) is 5.75. The Morgan fingerprint density at radius 3 is 2.65 bits per heavy atom. The van der Waals surface area contributed by atoms with Gasteiger partial charge >= 0.3 is 0 Å². The average molecular weight is 294 g/mol. The fraction of sp³-hybridized carbons (Fsp3) is 0.400. The molecule has 5 heteroatoms. The van der Waals surface area contributed by atoms with E-state index < -0.39 is 0 Å². The number of hydrogen-bond acceptors (Lipinski definition) is 3. The van der Waals surface area contributed by atoms with Gasteiger partial charge in [-0.05, 0) is 19.3 Å². The van der Waals surface area contributed by atoms with E-state index in [1.807, 2.05) is 0 Å². The summed E-state index contributed by atoms with van der Waals surface area (Å²) in [7, 11) is 0. The van der Waals surface area contributed by atoms with Crippen molar-refractivity contribution >= 4 is 23.2 Å². The Kier molecular flexibility index (Phi) is 3.83. The molecule has 1 aliphatic carbocycles. The summed E-state index contributed by atoms with van der Waals surface area (Å²) in [5, 5.41) is 3.36. The van der Waals surface area contributed by atoms with Crippen LogP contribution < -0.4 is 14.8 Å². The van der Waals surface area contributed by atoms with E-state index in [0.29, 0.717) is 35.4 Å². The zero-order valence-corrected chi connectivity index (χ0v) is 11.8. The normalized spacial score (nSPS) is 20.6. The van der Waals surface area contributed by atoms with Gasteiger partial charge in [0.25, 0.3) is 0 Å². The third kappa shape index (κ3) is 2.75. The van der Waals surface area contributed by atoms with Crippen LogP contribution in [0.1, 0.15) is 19.3 Å². The van der Waals surface area contributed by atoms with Crippen molar-refractivity contribution in [2.45, 2.75) is 19.3 Å². The van der Waals surface area contributed by atoms with Crippen molar-refractivity contribution in [2.24, 2.45) is 5.92 Å². The Bertz CT molecular complexity index is 556. The van der Waals surface area contributed by atoms with Crippen LogP contribution in [0, 0.1) is 5.92 Å². The first-order chi connectivity index (χ1) is 9.74. The van der Waals surface area contributed by atoms with Gasteiger partial charge in [0.05, 0.1) is 10.7 Å². The third-order valence-electron chi connectivity index (χ3n) is 3.53. The number of fused-ring (bicyclic) bond motifs is 1. The molecule has 0 saturated carbocycles. The molecule has 1 aromatic rings.